The van der Waals surface area contributed by atoms with Crippen LogP contribution in [0.3, 0.4) is 0 Å². The second kappa shape index (κ2) is 6.85. The summed E-state index contributed by atoms with van der Waals surface area (Å²) < 4.78 is 1.85. The molecule has 0 amide bonds. The average Bonchev–Trinajstić information content (AvgIpc) is 3.15. The number of hydrogen-bond donors (Lipinski definition) is 0. The Bertz CT molecular complexity index is 1180. The quantitative estimate of drug-likeness (QED) is 0.522. The van der Waals surface area contributed by atoms with E-state index < -0.39 is 0 Å². The normalized spacial score (nSPS) is 10.7. The molecule has 0 N–H and O–H groups in total. The zero-order valence-corrected chi connectivity index (χ0v) is 14.8. The van der Waals surface area contributed by atoms with Crippen molar-refractivity contribution in [1.82, 2.24) is 14.5 Å². The van der Waals surface area contributed by atoms with Crippen LogP contribution in [0.2, 0.25) is 0 Å². The Morgan fingerprint density at radius 1 is 1.11 bits per heavy atom. The number of rotatable bonds is 4. The van der Waals surface area contributed by atoms with E-state index in [0.29, 0.717) is 40.1 Å². The lowest BCUT2D eigenvalue weighted by atomic mass is 10.1. The fourth-order valence-electron chi connectivity index (χ4n) is 3.02. The molecule has 0 aliphatic carbocycles. The molecule has 0 saturated heterocycles. The maximum absolute atomic E-state index is 12.8. The van der Waals surface area contributed by atoms with E-state index in [0.717, 1.165) is 5.56 Å². The van der Waals surface area contributed by atoms with Crippen LogP contribution < -0.4 is 0 Å². The Kier molecular flexibility index (Phi) is 4.23. The molecular formula is C22H16N4O. The van der Waals surface area contributed by atoms with Gasteiger partial charge in [-0.05, 0) is 31.2 Å². The van der Waals surface area contributed by atoms with Crippen LogP contribution >= 0.6 is 0 Å². The Hall–Kier alpha value is -3.78. The monoisotopic (exact) mass is 352 g/mol. The highest BCUT2D eigenvalue weighted by molar-refractivity contribution is 6.08. The summed E-state index contributed by atoms with van der Waals surface area (Å²) in [5.41, 5.74) is 4.80. The number of para-hydroxylation sites is 1. The molecule has 0 aliphatic rings. The van der Waals surface area contributed by atoms with E-state index >= 15 is 0 Å². The van der Waals surface area contributed by atoms with Gasteiger partial charge in [-0.1, -0.05) is 35.9 Å². The largest absolute Gasteiger partial charge is 0.339 e. The third kappa shape index (κ3) is 3.21. The van der Waals surface area contributed by atoms with Crippen molar-refractivity contribution in [3.8, 4) is 6.07 Å². The first kappa shape index (κ1) is 16.7. The average molecular weight is 352 g/mol. The van der Waals surface area contributed by atoms with Crippen LogP contribution in [-0.2, 0) is 6.54 Å². The van der Waals surface area contributed by atoms with E-state index in [1.807, 2.05) is 54.1 Å². The van der Waals surface area contributed by atoms with Gasteiger partial charge >= 0.3 is 0 Å². The molecule has 0 fully saturated rings. The van der Waals surface area contributed by atoms with Gasteiger partial charge in [0.1, 0.15) is 11.6 Å². The predicted octanol–water partition coefficient (Wildman–Crippen LogP) is 3.89. The van der Waals surface area contributed by atoms with E-state index in [2.05, 4.69) is 16.0 Å². The van der Waals surface area contributed by atoms with Gasteiger partial charge in [0, 0.05) is 11.8 Å². The summed E-state index contributed by atoms with van der Waals surface area (Å²) in [6.07, 6.45) is 3.53. The van der Waals surface area contributed by atoms with E-state index in [1.54, 1.807) is 24.4 Å². The number of fused-ring (bicyclic) bond motifs is 1. The molecule has 5 nitrogen and oxygen atoms in total. The summed E-state index contributed by atoms with van der Waals surface area (Å²) in [5, 5.41) is 9.28. The van der Waals surface area contributed by atoms with Crippen molar-refractivity contribution in [3.63, 3.8) is 0 Å². The molecule has 0 unspecified atom stereocenters. The lowest BCUT2D eigenvalue weighted by Gasteiger charge is -2.09. The summed E-state index contributed by atoms with van der Waals surface area (Å²) in [7, 11) is 0. The van der Waals surface area contributed by atoms with Gasteiger partial charge in [0.05, 0.1) is 35.2 Å². The third-order valence-electron chi connectivity index (χ3n) is 4.45. The van der Waals surface area contributed by atoms with Gasteiger partial charge in [0.25, 0.3) is 0 Å². The molecule has 0 atom stereocenters. The van der Waals surface area contributed by atoms with Crippen LogP contribution in [0.4, 0.5) is 0 Å². The van der Waals surface area contributed by atoms with Crippen molar-refractivity contribution < 1.29 is 4.79 Å². The number of aromatic nitrogens is 3. The number of nitrogens with zero attached hydrogens (tertiary/aromatic N) is 4. The topological polar surface area (TPSA) is 71.6 Å². The highest BCUT2D eigenvalue weighted by atomic mass is 16.1. The van der Waals surface area contributed by atoms with Crippen LogP contribution in [0.25, 0.3) is 11.0 Å². The first-order valence-electron chi connectivity index (χ1n) is 8.57. The maximum atomic E-state index is 12.8. The molecule has 0 radical (unpaired) electrons. The first-order valence-corrected chi connectivity index (χ1v) is 8.57. The van der Waals surface area contributed by atoms with Crippen LogP contribution in [0.15, 0.2) is 67.0 Å². The van der Waals surface area contributed by atoms with Gasteiger partial charge < -0.3 is 4.57 Å². The van der Waals surface area contributed by atoms with Crippen LogP contribution in [0, 0.1) is 18.3 Å². The van der Waals surface area contributed by atoms with Gasteiger partial charge in [0.15, 0.2) is 0 Å². The number of carbonyl (C=O) groups is 1. The summed E-state index contributed by atoms with van der Waals surface area (Å²) in [4.78, 5) is 21.8. The zero-order valence-electron chi connectivity index (χ0n) is 14.8. The minimum absolute atomic E-state index is 0.0357. The molecule has 130 valence electrons. The minimum atomic E-state index is -0.0357. The number of aryl methyl sites for hydroxylation is 1. The minimum Gasteiger partial charge on any atom is -0.339 e. The van der Waals surface area contributed by atoms with Gasteiger partial charge in [-0.2, -0.15) is 5.26 Å². The molecule has 0 spiro atoms. The van der Waals surface area contributed by atoms with Gasteiger partial charge in [-0.15, -0.1) is 0 Å². The molecule has 0 bridgehead atoms. The van der Waals surface area contributed by atoms with Gasteiger partial charge in [0.2, 0.25) is 5.78 Å². The van der Waals surface area contributed by atoms with Crippen molar-refractivity contribution in [2.75, 3.05) is 0 Å². The number of carbonyl (C=O) groups excluding carboxylic acids is 1. The molecule has 2 aromatic carbocycles. The van der Waals surface area contributed by atoms with E-state index in [4.69, 9.17) is 0 Å². The Labute approximate surface area is 156 Å². The zero-order chi connectivity index (χ0) is 18.8. The van der Waals surface area contributed by atoms with E-state index in [-0.39, 0.29) is 5.78 Å². The second-order valence-electron chi connectivity index (χ2n) is 6.36. The van der Waals surface area contributed by atoms with Crippen LogP contribution in [0.1, 0.15) is 32.9 Å². The lowest BCUT2D eigenvalue weighted by molar-refractivity contribution is 0.103. The molecule has 5 heteroatoms. The molecule has 0 aliphatic heterocycles. The van der Waals surface area contributed by atoms with E-state index in [9.17, 15) is 10.1 Å². The van der Waals surface area contributed by atoms with Crippen molar-refractivity contribution in [3.05, 3.63) is 95.1 Å². The highest BCUT2D eigenvalue weighted by Gasteiger charge is 2.14. The summed E-state index contributed by atoms with van der Waals surface area (Å²) in [6.45, 7) is 2.40. The van der Waals surface area contributed by atoms with Gasteiger partial charge in [-0.3, -0.25) is 9.78 Å². The SMILES string of the molecule is Cc1ccc(C(=O)c2cccn2Cc2cnc3cccc(C#N)c3n2)cc1. The van der Waals surface area contributed by atoms with Crippen LogP contribution in [-0.4, -0.2) is 20.3 Å². The summed E-state index contributed by atoms with van der Waals surface area (Å²) in [6, 6.07) is 18.7. The standard InChI is InChI=1S/C22H16N4O/c1-15-7-9-16(10-8-15)22(27)20-6-3-11-26(20)14-18-13-24-19-5-2-4-17(12-23)21(19)25-18/h2-11,13H,14H2,1H3. The lowest BCUT2D eigenvalue weighted by Crippen LogP contribution is -2.11. The van der Waals surface area contributed by atoms with E-state index in [1.165, 1.54) is 0 Å². The fraction of sp³-hybridized carbons (Fsp3) is 0.0909. The molecule has 2 heterocycles. The molecule has 27 heavy (non-hydrogen) atoms. The summed E-state index contributed by atoms with van der Waals surface area (Å²) >= 11 is 0. The molecule has 0 saturated carbocycles. The molecular weight excluding hydrogens is 336 g/mol. The highest BCUT2D eigenvalue weighted by Crippen LogP contribution is 2.17. The number of hydrogen-bond acceptors (Lipinski definition) is 4. The molecule has 4 rings (SSSR count). The third-order valence-corrected chi connectivity index (χ3v) is 4.45. The number of benzene rings is 2. The smallest absolute Gasteiger partial charge is 0.209 e. The van der Waals surface area contributed by atoms with Crippen molar-refractivity contribution >= 4 is 16.8 Å². The van der Waals surface area contributed by atoms with Crippen molar-refractivity contribution in [2.45, 2.75) is 13.5 Å². The number of nitriles is 1. The predicted molar refractivity (Wildman–Crippen MR) is 102 cm³/mol. The number of ketones is 1. The molecule has 4 aromatic rings. The summed E-state index contributed by atoms with van der Waals surface area (Å²) in [5.74, 6) is -0.0357. The Balaban J connectivity index is 1.68. The Morgan fingerprint density at radius 2 is 1.93 bits per heavy atom. The first-order chi connectivity index (χ1) is 13.2. The van der Waals surface area contributed by atoms with Crippen molar-refractivity contribution in [1.29, 1.82) is 5.26 Å². The Morgan fingerprint density at radius 3 is 2.70 bits per heavy atom. The molecule has 2 aromatic heterocycles. The second-order valence-corrected chi connectivity index (χ2v) is 6.36. The maximum Gasteiger partial charge on any atom is 0.209 e. The fourth-order valence-corrected chi connectivity index (χ4v) is 3.02. The van der Waals surface area contributed by atoms with Crippen molar-refractivity contribution in [2.24, 2.45) is 0 Å². The van der Waals surface area contributed by atoms with Gasteiger partial charge in [-0.25, -0.2) is 4.98 Å². The van der Waals surface area contributed by atoms with Crippen LogP contribution in [0.5, 0.6) is 0 Å².